The van der Waals surface area contributed by atoms with Crippen LogP contribution in [0.3, 0.4) is 0 Å². The van der Waals surface area contributed by atoms with Crippen molar-refractivity contribution < 1.29 is 9.53 Å². The van der Waals surface area contributed by atoms with E-state index in [1.165, 1.54) is 22.2 Å². The largest absolute Gasteiger partial charge is 0.383 e. The Morgan fingerprint density at radius 1 is 1.60 bits per heavy atom. The molecule has 2 aromatic heterocycles. The number of ether oxygens (including phenoxy) is 1. The van der Waals surface area contributed by atoms with Crippen molar-refractivity contribution in [2.75, 3.05) is 17.7 Å². The molecular formula is C11H14N6O2S. The lowest BCUT2D eigenvalue weighted by atomic mass is 10.2. The van der Waals surface area contributed by atoms with Gasteiger partial charge < -0.3 is 10.5 Å². The SMILES string of the molecule is Cn1ncc(C(=O)Nc2nnc(C3CCCO3)s2)c1N. The van der Waals surface area contributed by atoms with Crippen LogP contribution in [0, 0.1) is 0 Å². The van der Waals surface area contributed by atoms with E-state index in [-0.39, 0.29) is 12.0 Å². The minimum Gasteiger partial charge on any atom is -0.383 e. The lowest BCUT2D eigenvalue weighted by Crippen LogP contribution is -2.13. The Kier molecular flexibility index (Phi) is 3.36. The highest BCUT2D eigenvalue weighted by Gasteiger charge is 2.23. The number of carbonyl (C=O) groups excluding carboxylic acids is 1. The van der Waals surface area contributed by atoms with Crippen LogP contribution in [0.2, 0.25) is 0 Å². The molecule has 1 aliphatic heterocycles. The first-order valence-corrected chi connectivity index (χ1v) is 7.00. The van der Waals surface area contributed by atoms with Gasteiger partial charge in [-0.2, -0.15) is 5.10 Å². The topological polar surface area (TPSA) is 108 Å². The molecule has 0 bridgehead atoms. The predicted octanol–water partition coefficient (Wildman–Crippen LogP) is 0.958. The van der Waals surface area contributed by atoms with Crippen LogP contribution in [0.5, 0.6) is 0 Å². The number of carbonyl (C=O) groups is 1. The molecule has 2 aromatic rings. The number of nitrogen functional groups attached to an aromatic ring is 1. The van der Waals surface area contributed by atoms with E-state index in [1.807, 2.05) is 0 Å². The second-order valence-corrected chi connectivity index (χ2v) is 5.48. The molecule has 1 saturated heterocycles. The van der Waals surface area contributed by atoms with Gasteiger partial charge in [-0.15, -0.1) is 10.2 Å². The average molecular weight is 294 g/mol. The standard InChI is InChI=1S/C11H14N6O2S/c1-17-8(12)6(5-13-17)9(18)14-11-16-15-10(20-11)7-3-2-4-19-7/h5,7H,2-4,12H2,1H3,(H,14,16,18). The third-order valence-corrected chi connectivity index (χ3v) is 4.03. The molecule has 0 radical (unpaired) electrons. The fourth-order valence-electron chi connectivity index (χ4n) is 1.97. The third kappa shape index (κ3) is 2.37. The van der Waals surface area contributed by atoms with Crippen molar-refractivity contribution in [1.82, 2.24) is 20.0 Å². The number of aromatic nitrogens is 4. The van der Waals surface area contributed by atoms with Crippen molar-refractivity contribution in [3.63, 3.8) is 0 Å². The molecule has 0 aliphatic carbocycles. The fraction of sp³-hybridized carbons (Fsp3) is 0.455. The molecule has 106 valence electrons. The van der Waals surface area contributed by atoms with Gasteiger partial charge in [0.2, 0.25) is 5.13 Å². The zero-order chi connectivity index (χ0) is 14.1. The van der Waals surface area contributed by atoms with Crippen molar-refractivity contribution in [3.05, 3.63) is 16.8 Å². The van der Waals surface area contributed by atoms with Gasteiger partial charge in [0, 0.05) is 13.7 Å². The Labute approximate surface area is 118 Å². The van der Waals surface area contributed by atoms with Crippen LogP contribution >= 0.6 is 11.3 Å². The zero-order valence-electron chi connectivity index (χ0n) is 10.9. The maximum absolute atomic E-state index is 12.0. The van der Waals surface area contributed by atoms with Gasteiger partial charge in [-0.1, -0.05) is 11.3 Å². The number of amides is 1. The van der Waals surface area contributed by atoms with Gasteiger partial charge in [0.15, 0.2) is 0 Å². The van der Waals surface area contributed by atoms with Crippen LogP contribution in [0.25, 0.3) is 0 Å². The molecule has 1 aliphatic rings. The summed E-state index contributed by atoms with van der Waals surface area (Å²) in [5.74, 6) is -0.0306. The van der Waals surface area contributed by atoms with E-state index in [9.17, 15) is 4.79 Å². The molecule has 20 heavy (non-hydrogen) atoms. The monoisotopic (exact) mass is 294 g/mol. The first kappa shape index (κ1) is 13.0. The summed E-state index contributed by atoms with van der Waals surface area (Å²) in [6.45, 7) is 0.748. The van der Waals surface area contributed by atoms with E-state index in [1.54, 1.807) is 7.05 Å². The van der Waals surface area contributed by atoms with Crippen LogP contribution in [-0.2, 0) is 11.8 Å². The van der Waals surface area contributed by atoms with Gasteiger partial charge in [0.05, 0.1) is 6.20 Å². The van der Waals surface area contributed by atoms with E-state index in [2.05, 4.69) is 20.6 Å². The van der Waals surface area contributed by atoms with E-state index in [4.69, 9.17) is 10.5 Å². The lowest BCUT2D eigenvalue weighted by molar-refractivity contribution is 0.102. The molecule has 0 aromatic carbocycles. The number of nitrogens with one attached hydrogen (secondary N) is 1. The van der Waals surface area contributed by atoms with Crippen molar-refractivity contribution in [3.8, 4) is 0 Å². The summed E-state index contributed by atoms with van der Waals surface area (Å²) in [6, 6.07) is 0. The van der Waals surface area contributed by atoms with Gasteiger partial charge in [0.25, 0.3) is 5.91 Å². The Morgan fingerprint density at radius 3 is 3.10 bits per heavy atom. The second kappa shape index (κ2) is 5.17. The van der Waals surface area contributed by atoms with E-state index < -0.39 is 0 Å². The van der Waals surface area contributed by atoms with Crippen LogP contribution in [-0.4, -0.2) is 32.5 Å². The van der Waals surface area contributed by atoms with E-state index in [0.29, 0.717) is 16.5 Å². The molecule has 8 nitrogen and oxygen atoms in total. The predicted molar refractivity (Wildman–Crippen MR) is 73.4 cm³/mol. The number of nitrogens with two attached hydrogens (primary N) is 1. The molecule has 1 fully saturated rings. The molecule has 1 atom stereocenters. The summed E-state index contributed by atoms with van der Waals surface area (Å²) in [6.07, 6.45) is 3.39. The van der Waals surface area contributed by atoms with Crippen LogP contribution < -0.4 is 11.1 Å². The average Bonchev–Trinajstić information content (AvgIpc) is 3.12. The summed E-state index contributed by atoms with van der Waals surface area (Å²) in [7, 11) is 1.67. The number of hydrogen-bond acceptors (Lipinski definition) is 7. The van der Waals surface area contributed by atoms with Gasteiger partial charge >= 0.3 is 0 Å². The summed E-state index contributed by atoms with van der Waals surface area (Å²) in [4.78, 5) is 12.0. The van der Waals surface area contributed by atoms with Gasteiger partial charge in [0.1, 0.15) is 22.5 Å². The molecule has 0 saturated carbocycles. The minimum atomic E-state index is -0.342. The highest BCUT2D eigenvalue weighted by molar-refractivity contribution is 7.15. The van der Waals surface area contributed by atoms with E-state index >= 15 is 0 Å². The fourth-order valence-corrected chi connectivity index (χ4v) is 2.80. The summed E-state index contributed by atoms with van der Waals surface area (Å²) in [5.41, 5.74) is 6.07. The Bertz CT molecular complexity index is 631. The van der Waals surface area contributed by atoms with Gasteiger partial charge in [-0.25, -0.2) is 0 Å². The molecule has 0 spiro atoms. The van der Waals surface area contributed by atoms with Crippen LogP contribution in [0.15, 0.2) is 6.20 Å². The number of hydrogen-bond donors (Lipinski definition) is 2. The first-order chi connectivity index (χ1) is 9.65. The Morgan fingerprint density at radius 2 is 2.45 bits per heavy atom. The molecule has 3 N–H and O–H groups in total. The quantitative estimate of drug-likeness (QED) is 0.872. The normalized spacial score (nSPS) is 18.4. The minimum absolute atomic E-state index is 0.00149. The van der Waals surface area contributed by atoms with Gasteiger partial charge in [-0.3, -0.25) is 14.8 Å². The van der Waals surface area contributed by atoms with E-state index in [0.717, 1.165) is 24.5 Å². The highest BCUT2D eigenvalue weighted by Crippen LogP contribution is 2.32. The number of rotatable bonds is 3. The van der Waals surface area contributed by atoms with Crippen molar-refractivity contribution in [2.24, 2.45) is 7.05 Å². The number of anilines is 2. The summed E-state index contributed by atoms with van der Waals surface area (Å²) in [5, 5.41) is 15.8. The van der Waals surface area contributed by atoms with Crippen LogP contribution in [0.1, 0.15) is 34.3 Å². The maximum Gasteiger partial charge on any atom is 0.262 e. The molecule has 9 heteroatoms. The molecule has 1 amide bonds. The molecule has 1 unspecified atom stereocenters. The van der Waals surface area contributed by atoms with Crippen molar-refractivity contribution >= 4 is 28.2 Å². The molecular weight excluding hydrogens is 280 g/mol. The molecule has 3 heterocycles. The van der Waals surface area contributed by atoms with Crippen LogP contribution in [0.4, 0.5) is 10.9 Å². The molecule has 3 rings (SSSR count). The Hall–Kier alpha value is -2.00. The first-order valence-electron chi connectivity index (χ1n) is 6.19. The van der Waals surface area contributed by atoms with Crippen molar-refractivity contribution in [2.45, 2.75) is 18.9 Å². The maximum atomic E-state index is 12.0. The second-order valence-electron chi connectivity index (χ2n) is 4.47. The third-order valence-electron chi connectivity index (χ3n) is 3.10. The number of nitrogens with zero attached hydrogens (tertiary/aromatic N) is 4. The van der Waals surface area contributed by atoms with Crippen molar-refractivity contribution in [1.29, 1.82) is 0 Å². The number of aryl methyl sites for hydroxylation is 1. The summed E-state index contributed by atoms with van der Waals surface area (Å²) >= 11 is 1.32. The zero-order valence-corrected chi connectivity index (χ0v) is 11.7. The summed E-state index contributed by atoms with van der Waals surface area (Å²) < 4.78 is 6.96. The highest BCUT2D eigenvalue weighted by atomic mass is 32.1. The smallest absolute Gasteiger partial charge is 0.262 e. The lowest BCUT2D eigenvalue weighted by Gasteiger charge is -2.02. The Balaban J connectivity index is 1.71. The van der Waals surface area contributed by atoms with Gasteiger partial charge in [-0.05, 0) is 12.8 Å².